The lowest BCUT2D eigenvalue weighted by Crippen LogP contribution is -2.37. The molecule has 0 saturated heterocycles. The van der Waals surface area contributed by atoms with Crippen LogP contribution in [0.3, 0.4) is 0 Å². The number of hydrogen-bond donors (Lipinski definition) is 2. The van der Waals surface area contributed by atoms with Crippen molar-refractivity contribution in [2.45, 2.75) is 52.7 Å². The van der Waals surface area contributed by atoms with Crippen LogP contribution in [0.5, 0.6) is 11.5 Å². The lowest BCUT2D eigenvalue weighted by molar-refractivity contribution is -0.0504. The van der Waals surface area contributed by atoms with Crippen molar-refractivity contribution in [1.29, 1.82) is 0 Å². The van der Waals surface area contributed by atoms with Gasteiger partial charge in [-0.2, -0.15) is 13.8 Å². The van der Waals surface area contributed by atoms with Crippen LogP contribution in [0.4, 0.5) is 8.78 Å². The predicted octanol–water partition coefficient (Wildman–Crippen LogP) is 4.11. The number of benzene rings is 1. The van der Waals surface area contributed by atoms with Crippen LogP contribution in [0, 0.1) is 0 Å². The minimum absolute atomic E-state index is 0. The van der Waals surface area contributed by atoms with Crippen molar-refractivity contribution in [3.63, 3.8) is 0 Å². The number of methoxy groups -OCH3 is 1. The Hall–Kier alpha value is -2.18. The summed E-state index contributed by atoms with van der Waals surface area (Å²) in [7, 11) is 1.51. The lowest BCUT2D eigenvalue weighted by atomic mass is 10.2. The molecule has 2 N–H and O–H groups in total. The first-order valence-corrected chi connectivity index (χ1v) is 9.89. The quantitative estimate of drug-likeness (QED) is 0.187. The van der Waals surface area contributed by atoms with Crippen LogP contribution in [-0.4, -0.2) is 42.9 Å². The maximum atomic E-state index is 12.7. The molecule has 2 rings (SSSR count). The molecule has 0 aliphatic carbocycles. The molecule has 2 aromatic rings. The van der Waals surface area contributed by atoms with Crippen molar-refractivity contribution in [1.82, 2.24) is 20.8 Å². The second-order valence-corrected chi connectivity index (χ2v) is 6.78. The van der Waals surface area contributed by atoms with Gasteiger partial charge in [-0.15, -0.1) is 24.0 Å². The molecule has 0 aliphatic rings. The fraction of sp³-hybridized carbons (Fsp3) is 0.550. The first-order valence-electron chi connectivity index (χ1n) is 9.89. The number of aromatic nitrogens is 2. The van der Waals surface area contributed by atoms with Gasteiger partial charge in [-0.05, 0) is 31.5 Å². The van der Waals surface area contributed by atoms with E-state index in [9.17, 15) is 8.78 Å². The fourth-order valence-corrected chi connectivity index (χ4v) is 2.57. The maximum absolute atomic E-state index is 12.7. The molecule has 31 heavy (non-hydrogen) atoms. The molecule has 11 heteroatoms. The van der Waals surface area contributed by atoms with Crippen LogP contribution < -0.4 is 20.1 Å². The van der Waals surface area contributed by atoms with Crippen LogP contribution in [0.2, 0.25) is 0 Å². The van der Waals surface area contributed by atoms with E-state index in [2.05, 4.69) is 30.5 Å². The summed E-state index contributed by atoms with van der Waals surface area (Å²) in [5.41, 5.74) is 0.499. The van der Waals surface area contributed by atoms with Crippen LogP contribution in [0.25, 0.3) is 0 Å². The van der Waals surface area contributed by atoms with Crippen molar-refractivity contribution in [2.24, 2.45) is 4.99 Å². The Labute approximate surface area is 198 Å². The lowest BCUT2D eigenvalue weighted by Gasteiger charge is -2.13. The van der Waals surface area contributed by atoms with Crippen molar-refractivity contribution in [3.05, 3.63) is 35.5 Å². The third-order valence-electron chi connectivity index (χ3n) is 4.10. The third-order valence-corrected chi connectivity index (χ3v) is 4.10. The zero-order valence-corrected chi connectivity index (χ0v) is 20.5. The number of alkyl halides is 2. The molecule has 0 atom stereocenters. The van der Waals surface area contributed by atoms with Crippen LogP contribution in [0.1, 0.15) is 50.4 Å². The van der Waals surface area contributed by atoms with Gasteiger partial charge >= 0.3 is 6.61 Å². The number of aryl methyl sites for hydroxylation is 1. The largest absolute Gasteiger partial charge is 0.497 e. The summed E-state index contributed by atoms with van der Waals surface area (Å²) in [4.78, 5) is 8.81. The summed E-state index contributed by atoms with van der Waals surface area (Å²) in [6.07, 6.45) is 1.41. The Bertz CT molecular complexity index is 818. The molecule has 0 radical (unpaired) electrons. The molecule has 8 nitrogen and oxygen atoms in total. The number of aliphatic imine (C=N–C) groups is 1. The van der Waals surface area contributed by atoms with Crippen molar-refractivity contribution >= 4 is 29.9 Å². The van der Waals surface area contributed by atoms with Crippen LogP contribution >= 0.6 is 24.0 Å². The summed E-state index contributed by atoms with van der Waals surface area (Å²) in [5, 5.41) is 10.3. The number of halogens is 3. The smallest absolute Gasteiger partial charge is 0.387 e. The minimum Gasteiger partial charge on any atom is -0.497 e. The van der Waals surface area contributed by atoms with E-state index in [1.54, 1.807) is 12.1 Å². The van der Waals surface area contributed by atoms with Crippen LogP contribution in [-0.2, 0) is 13.0 Å². The highest BCUT2D eigenvalue weighted by molar-refractivity contribution is 14.0. The Morgan fingerprint density at radius 1 is 1.26 bits per heavy atom. The van der Waals surface area contributed by atoms with Gasteiger partial charge < -0.3 is 24.6 Å². The molecule has 0 amide bonds. The highest BCUT2D eigenvalue weighted by Gasteiger charge is 2.12. The molecule has 0 spiro atoms. The van der Waals surface area contributed by atoms with Gasteiger partial charge in [0.1, 0.15) is 11.5 Å². The van der Waals surface area contributed by atoms with E-state index in [0.717, 1.165) is 6.42 Å². The molecule has 1 aromatic heterocycles. The number of hydrogen-bond acceptors (Lipinski definition) is 6. The third kappa shape index (κ3) is 9.23. The zero-order chi connectivity index (χ0) is 21.9. The number of nitrogens with one attached hydrogen (secondary N) is 2. The average Bonchev–Trinajstić information content (AvgIpc) is 3.19. The monoisotopic (exact) mass is 553 g/mol. The van der Waals surface area contributed by atoms with E-state index in [1.165, 1.54) is 13.2 Å². The normalized spacial score (nSPS) is 11.4. The van der Waals surface area contributed by atoms with Gasteiger partial charge in [-0.25, -0.2) is 4.99 Å². The average molecular weight is 553 g/mol. The van der Waals surface area contributed by atoms with E-state index < -0.39 is 6.61 Å². The Balaban J connectivity index is 0.00000480. The highest BCUT2D eigenvalue weighted by Crippen LogP contribution is 2.26. The second kappa shape index (κ2) is 14.0. The van der Waals surface area contributed by atoms with Gasteiger partial charge in [-0.3, -0.25) is 0 Å². The first-order chi connectivity index (χ1) is 14.4. The maximum Gasteiger partial charge on any atom is 0.387 e. The van der Waals surface area contributed by atoms with E-state index in [1.807, 2.05) is 20.8 Å². The summed E-state index contributed by atoms with van der Waals surface area (Å²) >= 11 is 0. The molecule has 0 saturated carbocycles. The van der Waals surface area contributed by atoms with Crippen molar-refractivity contribution in [3.8, 4) is 11.5 Å². The van der Waals surface area contributed by atoms with Crippen molar-refractivity contribution in [2.75, 3.05) is 20.2 Å². The molecule has 174 valence electrons. The van der Waals surface area contributed by atoms with Gasteiger partial charge in [0.2, 0.25) is 5.89 Å². The van der Waals surface area contributed by atoms with Crippen LogP contribution in [0.15, 0.2) is 27.7 Å². The topological polar surface area (TPSA) is 93.8 Å². The number of ether oxygens (including phenoxy) is 2. The van der Waals surface area contributed by atoms with E-state index in [4.69, 9.17) is 9.26 Å². The van der Waals surface area contributed by atoms with E-state index >= 15 is 0 Å². The van der Waals surface area contributed by atoms with Crippen molar-refractivity contribution < 1.29 is 22.8 Å². The number of guanidine groups is 1. The first kappa shape index (κ1) is 26.9. The van der Waals surface area contributed by atoms with Gasteiger partial charge in [0, 0.05) is 31.0 Å². The molecule has 0 aliphatic heterocycles. The van der Waals surface area contributed by atoms with Gasteiger partial charge in [0.25, 0.3) is 0 Å². The molecule has 0 fully saturated rings. The predicted molar refractivity (Wildman–Crippen MR) is 125 cm³/mol. The van der Waals surface area contributed by atoms with E-state index in [-0.39, 0.29) is 42.2 Å². The van der Waals surface area contributed by atoms with Gasteiger partial charge in [-0.1, -0.05) is 19.0 Å². The minimum atomic E-state index is -2.91. The van der Waals surface area contributed by atoms with Gasteiger partial charge in [0.15, 0.2) is 11.8 Å². The fourth-order valence-electron chi connectivity index (χ4n) is 2.57. The molecule has 1 aromatic carbocycles. The van der Waals surface area contributed by atoms with E-state index in [0.29, 0.717) is 48.5 Å². The SMILES string of the molecule is CCNC(=NCc1cc(OC)ccc1OC(F)F)NCCCc1nc(C(C)C)no1.I. The number of rotatable bonds is 11. The Morgan fingerprint density at radius 3 is 2.65 bits per heavy atom. The summed E-state index contributed by atoms with van der Waals surface area (Å²) in [6, 6.07) is 4.65. The summed E-state index contributed by atoms with van der Waals surface area (Å²) in [6.45, 7) is 4.49. The van der Waals surface area contributed by atoms with Gasteiger partial charge in [0.05, 0.1) is 13.7 Å². The Kier molecular flexibility index (Phi) is 12.1. The summed E-state index contributed by atoms with van der Waals surface area (Å²) < 4.78 is 40.3. The second-order valence-electron chi connectivity index (χ2n) is 6.78. The summed E-state index contributed by atoms with van der Waals surface area (Å²) in [5.74, 6) is 2.71. The Morgan fingerprint density at radius 2 is 2.03 bits per heavy atom. The standard InChI is InChI=1S/C20H29F2N5O3.HI/c1-5-23-20(24-10-6-7-17-26-18(13(2)3)27-30-17)25-12-14-11-15(28-4)8-9-16(14)29-19(21)22;/h8-9,11,13,19H,5-7,10,12H2,1-4H3,(H2,23,24,25);1H. The highest BCUT2D eigenvalue weighted by atomic mass is 127. The number of nitrogens with zero attached hydrogens (tertiary/aromatic N) is 3. The molecule has 1 heterocycles. The molecule has 0 bridgehead atoms. The molecular formula is C20H30F2IN5O3. The zero-order valence-electron chi connectivity index (χ0n) is 18.2. The molecule has 0 unspecified atom stereocenters. The molecular weight excluding hydrogens is 523 g/mol.